The molecule has 0 aliphatic rings. The average Bonchev–Trinajstić information content (AvgIpc) is 3.12. The molecule has 0 unspecified atom stereocenters. The highest BCUT2D eigenvalue weighted by atomic mass is 32.1. The summed E-state index contributed by atoms with van der Waals surface area (Å²) in [4.78, 5) is 27.0. The molecule has 0 saturated carbocycles. The van der Waals surface area contributed by atoms with E-state index in [0.717, 1.165) is 23.5 Å². The van der Waals surface area contributed by atoms with Crippen LogP contribution in [0.2, 0.25) is 0 Å². The van der Waals surface area contributed by atoms with Gasteiger partial charge in [0.1, 0.15) is 0 Å². The molecule has 0 bridgehead atoms. The predicted octanol–water partition coefficient (Wildman–Crippen LogP) is 4.68. The fourth-order valence-corrected chi connectivity index (χ4v) is 3.40. The monoisotopic (exact) mass is 437 g/mol. The molecule has 1 N–H and O–H groups in total. The number of carbonyl (C=O) groups is 1. The number of aromatic nitrogens is 1. The summed E-state index contributed by atoms with van der Waals surface area (Å²) < 4.78 is 43.6. The molecule has 0 aliphatic carbocycles. The second-order valence-electron chi connectivity index (χ2n) is 6.07. The van der Waals surface area contributed by atoms with Crippen LogP contribution in [0.3, 0.4) is 0 Å². The van der Waals surface area contributed by atoms with E-state index in [1.165, 1.54) is 30.5 Å². The molecule has 2 aromatic carbocycles. The third-order valence-corrected chi connectivity index (χ3v) is 4.77. The van der Waals surface area contributed by atoms with Gasteiger partial charge in [-0.2, -0.15) is 13.2 Å². The number of carbonyl (C=O) groups excluding carboxylic acids is 1. The van der Waals surface area contributed by atoms with Crippen molar-refractivity contribution in [2.75, 3.05) is 11.9 Å². The summed E-state index contributed by atoms with van der Waals surface area (Å²) >= 11 is 1.11. The first-order chi connectivity index (χ1) is 14.2. The minimum absolute atomic E-state index is 0.0398. The van der Waals surface area contributed by atoms with Crippen molar-refractivity contribution in [2.24, 2.45) is 0 Å². The molecular weight excluding hydrogens is 423 g/mol. The zero-order valence-corrected chi connectivity index (χ0v) is 16.0. The number of nitro groups is 1. The van der Waals surface area contributed by atoms with Crippen LogP contribution in [0.5, 0.6) is 5.75 Å². The zero-order chi connectivity index (χ0) is 21.7. The smallest absolute Gasteiger partial charge is 0.416 e. The van der Waals surface area contributed by atoms with E-state index in [-0.39, 0.29) is 23.0 Å². The maximum absolute atomic E-state index is 12.8. The number of thiazole rings is 1. The minimum atomic E-state index is -4.42. The molecule has 0 atom stereocenters. The molecule has 0 fully saturated rings. The Hall–Kier alpha value is -3.47. The van der Waals surface area contributed by atoms with Crippen LogP contribution in [0.15, 0.2) is 54.7 Å². The number of nitro benzene ring substituents is 1. The number of halogens is 3. The number of hydrogen-bond donors (Lipinski definition) is 1. The molecular formula is C19H14F3N3O4S. The Labute approximate surface area is 172 Å². The van der Waals surface area contributed by atoms with E-state index in [0.29, 0.717) is 10.4 Å². The van der Waals surface area contributed by atoms with Crippen molar-refractivity contribution in [3.8, 4) is 5.75 Å². The van der Waals surface area contributed by atoms with Gasteiger partial charge in [-0.15, -0.1) is 11.3 Å². The number of ether oxygens (including phenoxy) is 1. The van der Waals surface area contributed by atoms with E-state index >= 15 is 0 Å². The zero-order valence-electron chi connectivity index (χ0n) is 15.2. The summed E-state index contributed by atoms with van der Waals surface area (Å²) in [6.45, 7) is -0.465. The van der Waals surface area contributed by atoms with E-state index < -0.39 is 29.2 Å². The highest BCUT2D eigenvalue weighted by Crippen LogP contribution is 2.31. The summed E-state index contributed by atoms with van der Waals surface area (Å²) in [5.74, 6) is -0.616. The quantitative estimate of drug-likeness (QED) is 0.428. The molecule has 7 nitrogen and oxygen atoms in total. The number of nitrogens with one attached hydrogen (secondary N) is 1. The van der Waals surface area contributed by atoms with Gasteiger partial charge in [0.05, 0.1) is 10.5 Å². The van der Waals surface area contributed by atoms with E-state index in [2.05, 4.69) is 10.3 Å². The molecule has 30 heavy (non-hydrogen) atoms. The van der Waals surface area contributed by atoms with Crippen LogP contribution in [-0.2, 0) is 17.4 Å². The second-order valence-corrected chi connectivity index (χ2v) is 7.18. The van der Waals surface area contributed by atoms with Crippen LogP contribution >= 0.6 is 11.3 Å². The number of anilines is 1. The van der Waals surface area contributed by atoms with Crippen molar-refractivity contribution in [1.29, 1.82) is 0 Å². The maximum Gasteiger partial charge on any atom is 0.416 e. The number of benzene rings is 2. The van der Waals surface area contributed by atoms with E-state index in [1.54, 1.807) is 12.1 Å². The molecule has 156 valence electrons. The molecule has 1 amide bonds. The highest BCUT2D eigenvalue weighted by molar-refractivity contribution is 7.15. The molecule has 1 heterocycles. The lowest BCUT2D eigenvalue weighted by Crippen LogP contribution is -2.20. The van der Waals surface area contributed by atoms with E-state index in [1.807, 2.05) is 0 Å². The molecule has 3 aromatic rings. The Morgan fingerprint density at radius 2 is 1.97 bits per heavy atom. The highest BCUT2D eigenvalue weighted by Gasteiger charge is 2.30. The summed E-state index contributed by atoms with van der Waals surface area (Å²) in [5.41, 5.74) is -0.529. The summed E-state index contributed by atoms with van der Waals surface area (Å²) in [5, 5.41) is 13.7. The maximum atomic E-state index is 12.8. The second kappa shape index (κ2) is 8.91. The lowest BCUT2D eigenvalue weighted by Gasteiger charge is -2.08. The van der Waals surface area contributed by atoms with Gasteiger partial charge < -0.3 is 4.74 Å². The van der Waals surface area contributed by atoms with Crippen molar-refractivity contribution in [3.05, 3.63) is 80.8 Å². The molecule has 11 heteroatoms. The third-order valence-electron chi connectivity index (χ3n) is 3.85. The van der Waals surface area contributed by atoms with Gasteiger partial charge in [-0.1, -0.05) is 30.3 Å². The van der Waals surface area contributed by atoms with Crippen molar-refractivity contribution in [1.82, 2.24) is 4.98 Å². The van der Waals surface area contributed by atoms with Gasteiger partial charge in [-0.3, -0.25) is 20.2 Å². The van der Waals surface area contributed by atoms with Crippen LogP contribution in [-0.4, -0.2) is 22.4 Å². The van der Waals surface area contributed by atoms with Crippen molar-refractivity contribution < 1.29 is 27.6 Å². The van der Waals surface area contributed by atoms with Gasteiger partial charge in [0.25, 0.3) is 5.91 Å². The fourth-order valence-electron chi connectivity index (χ4n) is 2.53. The summed E-state index contributed by atoms with van der Waals surface area (Å²) in [7, 11) is 0. The van der Waals surface area contributed by atoms with E-state index in [9.17, 15) is 28.1 Å². The SMILES string of the molecule is O=C(COc1ccccc1[N+](=O)[O-])Nc1ncc(Cc2cccc(C(F)(F)F)c2)s1. The van der Waals surface area contributed by atoms with E-state index in [4.69, 9.17) is 4.74 Å². The largest absolute Gasteiger partial charge is 0.477 e. The van der Waals surface area contributed by atoms with Gasteiger partial charge in [0, 0.05) is 23.6 Å². The minimum Gasteiger partial charge on any atom is -0.477 e. The number of hydrogen-bond acceptors (Lipinski definition) is 6. The number of nitrogens with zero attached hydrogens (tertiary/aromatic N) is 2. The van der Waals surface area contributed by atoms with Gasteiger partial charge in [0.15, 0.2) is 17.5 Å². The van der Waals surface area contributed by atoms with Crippen LogP contribution in [0.1, 0.15) is 16.0 Å². The summed E-state index contributed by atoms with van der Waals surface area (Å²) in [6.07, 6.45) is -2.73. The number of alkyl halides is 3. The first-order valence-electron chi connectivity index (χ1n) is 8.49. The van der Waals surface area contributed by atoms with Crippen molar-refractivity contribution in [2.45, 2.75) is 12.6 Å². The van der Waals surface area contributed by atoms with Crippen LogP contribution in [0.25, 0.3) is 0 Å². The lowest BCUT2D eigenvalue weighted by atomic mass is 10.1. The molecule has 0 radical (unpaired) electrons. The summed E-state index contributed by atoms with van der Waals surface area (Å²) in [6, 6.07) is 10.6. The van der Waals surface area contributed by atoms with Crippen LogP contribution in [0, 0.1) is 10.1 Å². The molecule has 0 saturated heterocycles. The van der Waals surface area contributed by atoms with Crippen molar-refractivity contribution in [3.63, 3.8) is 0 Å². The Morgan fingerprint density at radius 3 is 2.70 bits per heavy atom. The Balaban J connectivity index is 1.58. The standard InChI is InChI=1S/C19H14F3N3O4S/c20-19(21,22)13-5-3-4-12(8-13)9-14-10-23-18(30-14)24-17(26)11-29-16-7-2-1-6-15(16)25(27)28/h1-8,10H,9,11H2,(H,23,24,26). The third kappa shape index (κ3) is 5.54. The molecule has 3 rings (SSSR count). The first kappa shape index (κ1) is 21.2. The molecule has 0 spiro atoms. The first-order valence-corrected chi connectivity index (χ1v) is 9.31. The van der Waals surface area contributed by atoms with Crippen LogP contribution < -0.4 is 10.1 Å². The van der Waals surface area contributed by atoms with Gasteiger partial charge in [0.2, 0.25) is 0 Å². The topological polar surface area (TPSA) is 94.4 Å². The molecule has 0 aliphatic heterocycles. The Morgan fingerprint density at radius 1 is 1.20 bits per heavy atom. The average molecular weight is 437 g/mol. The normalized spacial score (nSPS) is 11.2. The lowest BCUT2D eigenvalue weighted by molar-refractivity contribution is -0.385. The van der Waals surface area contributed by atoms with Gasteiger partial charge in [-0.05, 0) is 17.7 Å². The Kier molecular flexibility index (Phi) is 6.31. The number of amides is 1. The predicted molar refractivity (Wildman–Crippen MR) is 104 cm³/mol. The van der Waals surface area contributed by atoms with Gasteiger partial charge in [-0.25, -0.2) is 4.98 Å². The fraction of sp³-hybridized carbons (Fsp3) is 0.158. The number of rotatable bonds is 7. The number of para-hydroxylation sites is 2. The molecule has 1 aromatic heterocycles. The van der Waals surface area contributed by atoms with Crippen molar-refractivity contribution >= 4 is 28.1 Å². The van der Waals surface area contributed by atoms with Gasteiger partial charge >= 0.3 is 11.9 Å². The van der Waals surface area contributed by atoms with Crippen LogP contribution in [0.4, 0.5) is 24.0 Å². The Bertz CT molecular complexity index is 1070.